The van der Waals surface area contributed by atoms with E-state index in [-0.39, 0.29) is 0 Å². The number of hydrogen-bond donors (Lipinski definition) is 0. The maximum Gasteiger partial charge on any atom is 0.162 e. The van der Waals surface area contributed by atoms with E-state index < -0.39 is 0 Å². The molecule has 0 saturated carbocycles. The molecule has 1 aliphatic rings. The minimum atomic E-state index is 0.772. The highest BCUT2D eigenvalue weighted by Gasteiger charge is 2.32. The van der Waals surface area contributed by atoms with Crippen molar-refractivity contribution in [1.82, 2.24) is 14.5 Å². The van der Waals surface area contributed by atoms with Crippen molar-refractivity contribution in [3.63, 3.8) is 0 Å². The summed E-state index contributed by atoms with van der Waals surface area (Å²) in [6.07, 6.45) is 4.05. The van der Waals surface area contributed by atoms with Crippen molar-refractivity contribution < 1.29 is 0 Å². The first-order valence-electron chi connectivity index (χ1n) is 11.6. The molecule has 1 aromatic heterocycles. The molecule has 1 aliphatic heterocycles. The molecule has 0 saturated heterocycles. The Morgan fingerprint density at radius 3 is 2.28 bits per heavy atom. The van der Waals surface area contributed by atoms with Crippen molar-refractivity contribution in [3.05, 3.63) is 102 Å². The van der Waals surface area contributed by atoms with E-state index in [1.807, 2.05) is 0 Å². The lowest BCUT2D eigenvalue weighted by Crippen LogP contribution is -2.37. The predicted molar refractivity (Wildman–Crippen MR) is 135 cm³/mol. The van der Waals surface area contributed by atoms with Crippen LogP contribution in [0.3, 0.4) is 0 Å². The summed E-state index contributed by atoms with van der Waals surface area (Å²) in [5.74, 6) is 2.96. The molecule has 4 nitrogen and oxygen atoms in total. The molecule has 0 aliphatic carbocycles. The summed E-state index contributed by atoms with van der Waals surface area (Å²) in [6.45, 7) is 15.0. The molecule has 0 unspecified atom stereocenters. The summed E-state index contributed by atoms with van der Waals surface area (Å²) in [6, 6.07) is 19.3. The normalized spacial score (nSPS) is 13.6. The van der Waals surface area contributed by atoms with Gasteiger partial charge < -0.3 is 14.4 Å². The Labute approximate surface area is 192 Å². The maximum absolute atomic E-state index is 5.15. The summed E-state index contributed by atoms with van der Waals surface area (Å²) in [7, 11) is 2.07. The number of anilines is 1. The molecule has 0 fully saturated rings. The molecule has 2 heterocycles. The molecule has 0 bridgehead atoms. The number of imidazole rings is 1. The maximum atomic E-state index is 5.15. The Morgan fingerprint density at radius 1 is 0.906 bits per heavy atom. The summed E-state index contributed by atoms with van der Waals surface area (Å²) in [4.78, 5) is 9.52. The average molecular weight is 427 g/mol. The number of nitrogens with zero attached hydrogens (tertiary/aromatic N) is 4. The highest BCUT2D eigenvalue weighted by molar-refractivity contribution is 5.77. The molecular formula is C28H34N4. The van der Waals surface area contributed by atoms with Gasteiger partial charge in [-0.05, 0) is 29.5 Å². The summed E-state index contributed by atoms with van der Waals surface area (Å²) in [5, 5.41) is 0. The molecule has 4 rings (SSSR count). The SMILES string of the molecule is C=C1c2c(nc(Cc3ccccc3CC)n2Cc2ccccc2)N(C)C(=C)N1CCCC. The van der Waals surface area contributed by atoms with Gasteiger partial charge in [0.15, 0.2) is 5.82 Å². The third kappa shape index (κ3) is 4.10. The standard InChI is InChI=1S/C28H34N4/c1-6-8-18-31-21(3)27-28(30(5)22(31)4)29-26(19-25-17-13-12-16-24(25)7-2)32(27)20-23-14-10-9-11-15-23/h9-17H,3-4,6-8,18-20H2,1-2,5H3. The minimum Gasteiger partial charge on any atom is -0.327 e. The fourth-order valence-electron chi connectivity index (χ4n) is 4.49. The summed E-state index contributed by atoms with van der Waals surface area (Å²) < 4.78 is 2.36. The van der Waals surface area contributed by atoms with E-state index in [0.717, 1.165) is 67.6 Å². The second kappa shape index (κ2) is 9.47. The average Bonchev–Trinajstić information content (AvgIpc) is 3.16. The molecule has 0 radical (unpaired) electrons. The van der Waals surface area contributed by atoms with Crippen molar-refractivity contribution in [3.8, 4) is 0 Å². The number of unbranched alkanes of at least 4 members (excludes halogenated alkanes) is 1. The van der Waals surface area contributed by atoms with Gasteiger partial charge in [0.1, 0.15) is 17.3 Å². The largest absolute Gasteiger partial charge is 0.327 e. The van der Waals surface area contributed by atoms with E-state index in [4.69, 9.17) is 4.98 Å². The van der Waals surface area contributed by atoms with Crippen molar-refractivity contribution in [2.24, 2.45) is 0 Å². The van der Waals surface area contributed by atoms with Gasteiger partial charge in [-0.1, -0.05) is 88.0 Å². The Hall–Kier alpha value is -3.27. The molecule has 0 N–H and O–H groups in total. The van der Waals surface area contributed by atoms with Crippen LogP contribution in [0.4, 0.5) is 5.82 Å². The van der Waals surface area contributed by atoms with Gasteiger partial charge in [-0.3, -0.25) is 0 Å². The molecular weight excluding hydrogens is 392 g/mol. The van der Waals surface area contributed by atoms with Crippen LogP contribution in [0.15, 0.2) is 73.6 Å². The molecule has 166 valence electrons. The van der Waals surface area contributed by atoms with Gasteiger partial charge in [0, 0.05) is 26.6 Å². The predicted octanol–water partition coefficient (Wildman–Crippen LogP) is 6.08. The molecule has 0 amide bonds. The van der Waals surface area contributed by atoms with Crippen LogP contribution in [0.2, 0.25) is 0 Å². The zero-order chi connectivity index (χ0) is 22.7. The topological polar surface area (TPSA) is 24.3 Å². The highest BCUT2D eigenvalue weighted by atomic mass is 15.4. The Balaban J connectivity index is 1.82. The second-order valence-corrected chi connectivity index (χ2v) is 8.50. The fraction of sp³-hybridized carbons (Fsp3) is 0.321. The molecule has 4 heteroatoms. The number of aromatic nitrogens is 2. The number of hydrogen-bond acceptors (Lipinski definition) is 3. The lowest BCUT2D eigenvalue weighted by molar-refractivity contribution is 0.448. The van der Waals surface area contributed by atoms with Gasteiger partial charge in [0.25, 0.3) is 0 Å². The van der Waals surface area contributed by atoms with Gasteiger partial charge >= 0.3 is 0 Å². The van der Waals surface area contributed by atoms with Crippen LogP contribution in [-0.2, 0) is 19.4 Å². The monoisotopic (exact) mass is 426 g/mol. The molecule has 0 spiro atoms. The van der Waals surface area contributed by atoms with Gasteiger partial charge in [0.2, 0.25) is 0 Å². The van der Waals surface area contributed by atoms with Crippen LogP contribution in [-0.4, -0.2) is 28.0 Å². The number of benzene rings is 2. The Bertz CT molecular complexity index is 1110. The Kier molecular flexibility index (Phi) is 6.50. The van der Waals surface area contributed by atoms with Crippen LogP contribution in [0.1, 0.15) is 54.9 Å². The smallest absolute Gasteiger partial charge is 0.162 e. The van der Waals surface area contributed by atoms with Gasteiger partial charge in [-0.25, -0.2) is 4.98 Å². The third-order valence-corrected chi connectivity index (χ3v) is 6.41. The van der Waals surface area contributed by atoms with Crippen LogP contribution >= 0.6 is 0 Å². The van der Waals surface area contributed by atoms with Crippen molar-refractivity contribution in [1.29, 1.82) is 0 Å². The Morgan fingerprint density at radius 2 is 1.59 bits per heavy atom. The van der Waals surface area contributed by atoms with Crippen LogP contribution in [0.25, 0.3) is 5.70 Å². The molecule has 2 aromatic carbocycles. The van der Waals surface area contributed by atoms with Gasteiger partial charge in [-0.2, -0.15) is 0 Å². The van der Waals surface area contributed by atoms with Crippen molar-refractivity contribution >= 4 is 11.5 Å². The summed E-state index contributed by atoms with van der Waals surface area (Å²) in [5.41, 5.74) is 6.07. The number of fused-ring (bicyclic) bond motifs is 1. The van der Waals surface area contributed by atoms with Crippen LogP contribution < -0.4 is 4.90 Å². The second-order valence-electron chi connectivity index (χ2n) is 8.50. The zero-order valence-electron chi connectivity index (χ0n) is 19.6. The molecule has 0 atom stereocenters. The highest BCUT2D eigenvalue weighted by Crippen LogP contribution is 2.39. The van der Waals surface area contributed by atoms with Crippen molar-refractivity contribution in [2.45, 2.75) is 46.1 Å². The zero-order valence-corrected chi connectivity index (χ0v) is 19.6. The van der Waals surface area contributed by atoms with E-state index >= 15 is 0 Å². The number of rotatable bonds is 8. The first kappa shape index (κ1) is 21.9. The van der Waals surface area contributed by atoms with E-state index in [1.54, 1.807) is 0 Å². The number of aryl methyl sites for hydroxylation is 1. The summed E-state index contributed by atoms with van der Waals surface area (Å²) >= 11 is 0. The molecule has 32 heavy (non-hydrogen) atoms. The van der Waals surface area contributed by atoms with Crippen LogP contribution in [0, 0.1) is 0 Å². The first-order valence-corrected chi connectivity index (χ1v) is 11.6. The quantitative estimate of drug-likeness (QED) is 0.436. The van der Waals surface area contributed by atoms with E-state index in [2.05, 4.69) is 103 Å². The van der Waals surface area contributed by atoms with Gasteiger partial charge in [0.05, 0.1) is 5.70 Å². The first-order chi connectivity index (χ1) is 15.5. The van der Waals surface area contributed by atoms with E-state index in [1.165, 1.54) is 16.7 Å². The third-order valence-electron chi connectivity index (χ3n) is 6.41. The van der Waals surface area contributed by atoms with E-state index in [9.17, 15) is 0 Å². The lowest BCUT2D eigenvalue weighted by Gasteiger charge is -2.38. The van der Waals surface area contributed by atoms with E-state index in [0.29, 0.717) is 0 Å². The van der Waals surface area contributed by atoms with Crippen LogP contribution in [0.5, 0.6) is 0 Å². The molecule has 3 aromatic rings. The van der Waals surface area contributed by atoms with Gasteiger partial charge in [-0.15, -0.1) is 0 Å². The minimum absolute atomic E-state index is 0.772. The lowest BCUT2D eigenvalue weighted by atomic mass is 10.0. The van der Waals surface area contributed by atoms with Crippen molar-refractivity contribution in [2.75, 3.05) is 18.5 Å². The fourth-order valence-corrected chi connectivity index (χ4v) is 4.49.